The number of carbonyl (C=O) groups excluding carboxylic acids is 2. The molecule has 1 fully saturated rings. The van der Waals surface area contributed by atoms with Crippen LogP contribution < -0.4 is 10.6 Å². The SMILES string of the molecule is CCOC(=O)c1ccccc1NC(=O)[C@@H]1CCCCN1. The second kappa shape index (κ2) is 7.05. The number of anilines is 1. The van der Waals surface area contributed by atoms with E-state index in [9.17, 15) is 9.59 Å². The number of hydrogen-bond acceptors (Lipinski definition) is 4. The van der Waals surface area contributed by atoms with Crippen LogP contribution in [0.1, 0.15) is 36.5 Å². The minimum absolute atomic E-state index is 0.0959. The minimum Gasteiger partial charge on any atom is -0.462 e. The molecule has 1 aliphatic heterocycles. The van der Waals surface area contributed by atoms with E-state index in [4.69, 9.17) is 4.74 Å². The number of para-hydroxylation sites is 1. The van der Waals surface area contributed by atoms with Crippen LogP contribution in [0.2, 0.25) is 0 Å². The monoisotopic (exact) mass is 276 g/mol. The van der Waals surface area contributed by atoms with Gasteiger partial charge in [-0.15, -0.1) is 0 Å². The van der Waals surface area contributed by atoms with Gasteiger partial charge in [-0.25, -0.2) is 4.79 Å². The zero-order chi connectivity index (χ0) is 14.4. The lowest BCUT2D eigenvalue weighted by Gasteiger charge is -2.23. The average molecular weight is 276 g/mol. The number of benzene rings is 1. The lowest BCUT2D eigenvalue weighted by molar-refractivity contribution is -0.118. The van der Waals surface area contributed by atoms with Crippen molar-refractivity contribution < 1.29 is 14.3 Å². The summed E-state index contributed by atoms with van der Waals surface area (Å²) in [5.74, 6) is -0.513. The van der Waals surface area contributed by atoms with E-state index in [0.717, 1.165) is 25.8 Å². The molecule has 0 unspecified atom stereocenters. The molecule has 0 spiro atoms. The highest BCUT2D eigenvalue weighted by Gasteiger charge is 2.22. The fraction of sp³-hybridized carbons (Fsp3) is 0.467. The van der Waals surface area contributed by atoms with Gasteiger partial charge in [0.05, 0.1) is 23.9 Å². The van der Waals surface area contributed by atoms with Crippen LogP contribution in [-0.4, -0.2) is 31.1 Å². The molecule has 108 valence electrons. The molecule has 5 heteroatoms. The Morgan fingerprint density at radius 2 is 2.15 bits per heavy atom. The van der Waals surface area contributed by atoms with Crippen molar-refractivity contribution in [3.05, 3.63) is 29.8 Å². The topological polar surface area (TPSA) is 67.4 Å². The predicted octanol–water partition coefficient (Wildman–Crippen LogP) is 1.94. The van der Waals surface area contributed by atoms with Crippen molar-refractivity contribution in [3.8, 4) is 0 Å². The predicted molar refractivity (Wildman–Crippen MR) is 76.7 cm³/mol. The molecule has 0 bridgehead atoms. The Hall–Kier alpha value is -1.88. The van der Waals surface area contributed by atoms with E-state index < -0.39 is 5.97 Å². The number of hydrogen-bond donors (Lipinski definition) is 2. The third kappa shape index (κ3) is 3.57. The van der Waals surface area contributed by atoms with Crippen LogP contribution >= 0.6 is 0 Å². The second-order valence-corrected chi connectivity index (χ2v) is 4.76. The van der Waals surface area contributed by atoms with Crippen LogP contribution in [0.5, 0.6) is 0 Å². The molecule has 1 heterocycles. The van der Waals surface area contributed by atoms with E-state index in [1.54, 1.807) is 31.2 Å². The fourth-order valence-corrected chi connectivity index (χ4v) is 2.27. The van der Waals surface area contributed by atoms with Gasteiger partial charge in [0.15, 0.2) is 0 Å². The molecule has 1 aromatic rings. The number of nitrogens with one attached hydrogen (secondary N) is 2. The standard InChI is InChI=1S/C15H20N2O3/c1-2-20-15(19)11-7-3-4-8-12(11)17-14(18)13-9-5-6-10-16-13/h3-4,7-8,13,16H,2,5-6,9-10H2,1H3,(H,17,18)/t13-/m0/s1. The highest BCUT2D eigenvalue weighted by Crippen LogP contribution is 2.17. The number of rotatable bonds is 4. The van der Waals surface area contributed by atoms with E-state index >= 15 is 0 Å². The van der Waals surface area contributed by atoms with Gasteiger partial charge in [-0.3, -0.25) is 4.79 Å². The largest absolute Gasteiger partial charge is 0.462 e. The van der Waals surface area contributed by atoms with E-state index in [1.165, 1.54) is 0 Å². The highest BCUT2D eigenvalue weighted by molar-refractivity contribution is 6.02. The molecule has 0 aliphatic carbocycles. The summed E-state index contributed by atoms with van der Waals surface area (Å²) >= 11 is 0. The molecule has 0 saturated carbocycles. The summed E-state index contributed by atoms with van der Waals surface area (Å²) in [5.41, 5.74) is 0.891. The summed E-state index contributed by atoms with van der Waals surface area (Å²) in [4.78, 5) is 24.0. The molecule has 1 atom stereocenters. The Labute approximate surface area is 118 Å². The lowest BCUT2D eigenvalue weighted by Crippen LogP contribution is -2.43. The van der Waals surface area contributed by atoms with Crippen molar-refractivity contribution in [3.63, 3.8) is 0 Å². The molecule has 1 amide bonds. The Kier molecular flexibility index (Phi) is 5.12. The lowest BCUT2D eigenvalue weighted by atomic mass is 10.0. The molecule has 1 aliphatic rings. The highest BCUT2D eigenvalue weighted by atomic mass is 16.5. The van der Waals surface area contributed by atoms with Gasteiger partial charge in [0.1, 0.15) is 0 Å². The van der Waals surface area contributed by atoms with Gasteiger partial charge in [0.2, 0.25) is 5.91 Å². The van der Waals surface area contributed by atoms with Gasteiger partial charge < -0.3 is 15.4 Å². The summed E-state index contributed by atoms with van der Waals surface area (Å²) in [5, 5.41) is 6.00. The van der Waals surface area contributed by atoms with Gasteiger partial charge in [0.25, 0.3) is 0 Å². The maximum atomic E-state index is 12.2. The van der Waals surface area contributed by atoms with Crippen molar-refractivity contribution in [2.45, 2.75) is 32.2 Å². The average Bonchev–Trinajstić information content (AvgIpc) is 2.49. The third-order valence-electron chi connectivity index (χ3n) is 3.31. The molecular formula is C15H20N2O3. The van der Waals surface area contributed by atoms with Crippen LogP contribution in [0, 0.1) is 0 Å². The minimum atomic E-state index is -0.417. The first-order valence-electron chi connectivity index (χ1n) is 7.02. The van der Waals surface area contributed by atoms with E-state index in [2.05, 4.69) is 10.6 Å². The number of esters is 1. The van der Waals surface area contributed by atoms with Crippen molar-refractivity contribution in [2.75, 3.05) is 18.5 Å². The molecule has 0 aromatic heterocycles. The Balaban J connectivity index is 2.08. The molecule has 2 N–H and O–H groups in total. The third-order valence-corrected chi connectivity index (χ3v) is 3.31. The first-order valence-corrected chi connectivity index (χ1v) is 7.02. The van der Waals surface area contributed by atoms with Crippen molar-refractivity contribution in [1.29, 1.82) is 0 Å². The van der Waals surface area contributed by atoms with Crippen LogP contribution in [0.3, 0.4) is 0 Å². The Morgan fingerprint density at radius 3 is 2.85 bits per heavy atom. The maximum Gasteiger partial charge on any atom is 0.340 e. The summed E-state index contributed by atoms with van der Waals surface area (Å²) in [6.45, 7) is 2.92. The Bertz CT molecular complexity index is 482. The van der Waals surface area contributed by atoms with E-state index in [1.807, 2.05) is 0 Å². The van der Waals surface area contributed by atoms with Crippen LogP contribution in [0.4, 0.5) is 5.69 Å². The fourth-order valence-electron chi connectivity index (χ4n) is 2.27. The van der Waals surface area contributed by atoms with Crippen molar-refractivity contribution in [1.82, 2.24) is 5.32 Å². The smallest absolute Gasteiger partial charge is 0.340 e. The molecular weight excluding hydrogens is 256 g/mol. The second-order valence-electron chi connectivity index (χ2n) is 4.76. The molecule has 5 nitrogen and oxygen atoms in total. The quantitative estimate of drug-likeness (QED) is 0.825. The van der Waals surface area contributed by atoms with E-state index in [-0.39, 0.29) is 11.9 Å². The zero-order valence-corrected chi connectivity index (χ0v) is 11.6. The van der Waals surface area contributed by atoms with Crippen LogP contribution in [0.15, 0.2) is 24.3 Å². The number of carbonyl (C=O) groups is 2. The summed E-state index contributed by atoms with van der Waals surface area (Å²) in [6.07, 6.45) is 2.97. The summed E-state index contributed by atoms with van der Waals surface area (Å²) in [6, 6.07) is 6.72. The number of ether oxygens (including phenoxy) is 1. The van der Waals surface area contributed by atoms with Crippen LogP contribution in [0.25, 0.3) is 0 Å². The van der Waals surface area contributed by atoms with Gasteiger partial charge >= 0.3 is 5.97 Å². The molecule has 1 saturated heterocycles. The van der Waals surface area contributed by atoms with Crippen molar-refractivity contribution in [2.24, 2.45) is 0 Å². The van der Waals surface area contributed by atoms with Gasteiger partial charge in [-0.1, -0.05) is 18.6 Å². The first kappa shape index (κ1) is 14.5. The molecule has 1 aromatic carbocycles. The molecule has 2 rings (SSSR count). The number of piperidine rings is 1. The summed E-state index contributed by atoms with van der Waals surface area (Å²) in [7, 11) is 0. The van der Waals surface area contributed by atoms with Gasteiger partial charge in [0, 0.05) is 0 Å². The maximum absolute atomic E-state index is 12.2. The van der Waals surface area contributed by atoms with Gasteiger partial charge in [-0.05, 0) is 38.4 Å². The van der Waals surface area contributed by atoms with Crippen molar-refractivity contribution >= 4 is 17.6 Å². The zero-order valence-electron chi connectivity index (χ0n) is 11.6. The summed E-state index contributed by atoms with van der Waals surface area (Å²) < 4.78 is 4.99. The van der Waals surface area contributed by atoms with E-state index in [0.29, 0.717) is 17.9 Å². The molecule has 20 heavy (non-hydrogen) atoms. The first-order chi connectivity index (χ1) is 9.72. The van der Waals surface area contributed by atoms with Gasteiger partial charge in [-0.2, -0.15) is 0 Å². The Morgan fingerprint density at radius 1 is 1.35 bits per heavy atom. The normalized spacial score (nSPS) is 18.4. The van der Waals surface area contributed by atoms with Crippen LogP contribution in [-0.2, 0) is 9.53 Å². The molecule has 0 radical (unpaired) electrons. The number of amides is 1.